The molecule has 0 spiro atoms. The highest BCUT2D eigenvalue weighted by atomic mass is 14.9. The third-order valence-electron chi connectivity index (χ3n) is 3.10. The van der Waals surface area contributed by atoms with Crippen molar-refractivity contribution in [2.45, 2.75) is 25.7 Å². The van der Waals surface area contributed by atoms with Crippen molar-refractivity contribution >= 4 is 0 Å². The Balaban J connectivity index is 2.03. The molecule has 0 atom stereocenters. The standard InChI is InChI=1S/C14H14N2/c1-2-6-11(7-3-1)14-15-10-12-8-4-5-9-13(12)16-14/h1-3,6-7,10H,4-5,8-9H2. The van der Waals surface area contributed by atoms with E-state index in [9.17, 15) is 0 Å². The molecule has 0 saturated heterocycles. The molecule has 80 valence electrons. The zero-order valence-corrected chi connectivity index (χ0v) is 9.19. The number of aryl methyl sites for hydroxylation is 2. The van der Waals surface area contributed by atoms with Crippen LogP contribution in [0.5, 0.6) is 0 Å². The number of aromatic nitrogens is 2. The van der Waals surface area contributed by atoms with Crippen molar-refractivity contribution in [3.8, 4) is 11.4 Å². The van der Waals surface area contributed by atoms with Gasteiger partial charge in [0.25, 0.3) is 0 Å². The van der Waals surface area contributed by atoms with E-state index in [4.69, 9.17) is 0 Å². The second-order valence-electron chi connectivity index (χ2n) is 4.24. The molecule has 2 aromatic rings. The monoisotopic (exact) mass is 210 g/mol. The van der Waals surface area contributed by atoms with E-state index in [1.165, 1.54) is 24.1 Å². The summed E-state index contributed by atoms with van der Waals surface area (Å²) < 4.78 is 0. The molecule has 0 fully saturated rings. The van der Waals surface area contributed by atoms with Gasteiger partial charge in [0.1, 0.15) is 0 Å². The van der Waals surface area contributed by atoms with Crippen molar-refractivity contribution in [1.82, 2.24) is 9.97 Å². The lowest BCUT2D eigenvalue weighted by atomic mass is 9.97. The van der Waals surface area contributed by atoms with Crippen molar-refractivity contribution in [3.05, 3.63) is 47.8 Å². The fourth-order valence-corrected chi connectivity index (χ4v) is 2.20. The maximum atomic E-state index is 4.67. The lowest BCUT2D eigenvalue weighted by molar-refractivity contribution is 0.663. The maximum Gasteiger partial charge on any atom is 0.159 e. The molecule has 0 radical (unpaired) electrons. The summed E-state index contributed by atoms with van der Waals surface area (Å²) in [5.74, 6) is 0.862. The Morgan fingerprint density at radius 3 is 2.62 bits per heavy atom. The fraction of sp³-hybridized carbons (Fsp3) is 0.286. The largest absolute Gasteiger partial charge is 0.236 e. The molecule has 0 amide bonds. The van der Waals surface area contributed by atoms with Gasteiger partial charge in [0.2, 0.25) is 0 Å². The number of rotatable bonds is 1. The van der Waals surface area contributed by atoms with Gasteiger partial charge in [-0.1, -0.05) is 30.3 Å². The van der Waals surface area contributed by atoms with Crippen LogP contribution in [0.15, 0.2) is 36.5 Å². The Bertz CT molecular complexity index is 491. The highest BCUT2D eigenvalue weighted by Gasteiger charge is 2.12. The Kier molecular flexibility index (Phi) is 2.41. The molecule has 0 bridgehead atoms. The Hall–Kier alpha value is -1.70. The van der Waals surface area contributed by atoms with Gasteiger partial charge in [0.05, 0.1) is 0 Å². The van der Waals surface area contributed by atoms with Crippen molar-refractivity contribution in [3.63, 3.8) is 0 Å². The van der Waals surface area contributed by atoms with Crippen LogP contribution in [-0.4, -0.2) is 9.97 Å². The molecule has 16 heavy (non-hydrogen) atoms. The minimum Gasteiger partial charge on any atom is -0.236 e. The molecule has 0 unspecified atom stereocenters. The summed E-state index contributed by atoms with van der Waals surface area (Å²) in [5.41, 5.74) is 3.70. The van der Waals surface area contributed by atoms with Crippen LogP contribution in [0.1, 0.15) is 24.1 Å². The molecule has 0 saturated carbocycles. The lowest BCUT2D eigenvalue weighted by Crippen LogP contribution is -2.07. The molecular formula is C14H14N2. The Morgan fingerprint density at radius 2 is 1.75 bits per heavy atom. The SMILES string of the molecule is c1ccc(-c2ncc3c(n2)CCCC3)cc1. The van der Waals surface area contributed by atoms with Crippen molar-refractivity contribution < 1.29 is 0 Å². The zero-order valence-electron chi connectivity index (χ0n) is 9.19. The molecule has 2 nitrogen and oxygen atoms in total. The quantitative estimate of drug-likeness (QED) is 0.723. The fourth-order valence-electron chi connectivity index (χ4n) is 2.20. The van der Waals surface area contributed by atoms with Gasteiger partial charge in [0.15, 0.2) is 5.82 Å². The third kappa shape index (κ3) is 1.71. The highest BCUT2D eigenvalue weighted by molar-refractivity contribution is 5.54. The molecule has 1 aliphatic carbocycles. The van der Waals surface area contributed by atoms with Gasteiger partial charge in [-0.25, -0.2) is 9.97 Å². The van der Waals surface area contributed by atoms with Gasteiger partial charge >= 0.3 is 0 Å². The molecule has 1 heterocycles. The lowest BCUT2D eigenvalue weighted by Gasteiger charge is -2.14. The smallest absolute Gasteiger partial charge is 0.159 e. The molecular weight excluding hydrogens is 196 g/mol. The first-order valence-electron chi connectivity index (χ1n) is 5.84. The predicted octanol–water partition coefficient (Wildman–Crippen LogP) is 3.02. The Labute approximate surface area is 95.4 Å². The van der Waals surface area contributed by atoms with Gasteiger partial charge in [0, 0.05) is 17.5 Å². The molecule has 1 aromatic carbocycles. The molecule has 2 heteroatoms. The Morgan fingerprint density at radius 1 is 0.938 bits per heavy atom. The van der Waals surface area contributed by atoms with E-state index in [1.807, 2.05) is 24.4 Å². The van der Waals surface area contributed by atoms with E-state index in [1.54, 1.807) is 0 Å². The number of fused-ring (bicyclic) bond motifs is 1. The van der Waals surface area contributed by atoms with Gasteiger partial charge in [-0.05, 0) is 31.2 Å². The third-order valence-corrected chi connectivity index (χ3v) is 3.10. The van der Waals surface area contributed by atoms with E-state index in [-0.39, 0.29) is 0 Å². The maximum absolute atomic E-state index is 4.67. The van der Waals surface area contributed by atoms with Crippen LogP contribution >= 0.6 is 0 Å². The summed E-state index contributed by atoms with van der Waals surface area (Å²) >= 11 is 0. The second-order valence-corrected chi connectivity index (χ2v) is 4.24. The van der Waals surface area contributed by atoms with Crippen LogP contribution in [-0.2, 0) is 12.8 Å². The van der Waals surface area contributed by atoms with Gasteiger partial charge < -0.3 is 0 Å². The summed E-state index contributed by atoms with van der Waals surface area (Å²) in [6.45, 7) is 0. The van der Waals surface area contributed by atoms with Crippen molar-refractivity contribution in [1.29, 1.82) is 0 Å². The average Bonchev–Trinajstić information content (AvgIpc) is 2.39. The summed E-state index contributed by atoms with van der Waals surface area (Å²) in [4.78, 5) is 9.12. The minimum absolute atomic E-state index is 0.862. The number of nitrogens with zero attached hydrogens (tertiary/aromatic N) is 2. The molecule has 1 aromatic heterocycles. The van der Waals surface area contributed by atoms with Gasteiger partial charge in [-0.15, -0.1) is 0 Å². The van der Waals surface area contributed by atoms with Gasteiger partial charge in [-0.2, -0.15) is 0 Å². The molecule has 0 aliphatic heterocycles. The number of benzene rings is 1. The van der Waals surface area contributed by atoms with Crippen LogP contribution < -0.4 is 0 Å². The first-order chi connectivity index (χ1) is 7.93. The van der Waals surface area contributed by atoms with Crippen LogP contribution in [0, 0.1) is 0 Å². The van der Waals surface area contributed by atoms with Gasteiger partial charge in [-0.3, -0.25) is 0 Å². The van der Waals surface area contributed by atoms with E-state index in [0.29, 0.717) is 0 Å². The van der Waals surface area contributed by atoms with Crippen LogP contribution in [0.25, 0.3) is 11.4 Å². The first kappa shape index (κ1) is 9.52. The van der Waals surface area contributed by atoms with Crippen molar-refractivity contribution in [2.75, 3.05) is 0 Å². The molecule has 1 aliphatic rings. The summed E-state index contributed by atoms with van der Waals surface area (Å²) in [6, 6.07) is 10.2. The van der Waals surface area contributed by atoms with Crippen LogP contribution in [0.3, 0.4) is 0 Å². The second kappa shape index (κ2) is 4.05. The highest BCUT2D eigenvalue weighted by Crippen LogP contribution is 2.21. The van der Waals surface area contributed by atoms with E-state index in [2.05, 4.69) is 22.1 Å². The zero-order chi connectivity index (χ0) is 10.8. The topological polar surface area (TPSA) is 25.8 Å². The van der Waals surface area contributed by atoms with E-state index >= 15 is 0 Å². The molecule has 3 rings (SSSR count). The number of hydrogen-bond acceptors (Lipinski definition) is 2. The van der Waals surface area contributed by atoms with E-state index < -0.39 is 0 Å². The van der Waals surface area contributed by atoms with E-state index in [0.717, 1.165) is 24.2 Å². The normalized spacial score (nSPS) is 14.5. The van der Waals surface area contributed by atoms with Crippen LogP contribution in [0.2, 0.25) is 0 Å². The predicted molar refractivity (Wildman–Crippen MR) is 64.1 cm³/mol. The number of hydrogen-bond donors (Lipinski definition) is 0. The average molecular weight is 210 g/mol. The minimum atomic E-state index is 0.862. The van der Waals surface area contributed by atoms with Crippen LogP contribution in [0.4, 0.5) is 0 Å². The summed E-state index contributed by atoms with van der Waals surface area (Å²) in [7, 11) is 0. The van der Waals surface area contributed by atoms with Crippen molar-refractivity contribution in [2.24, 2.45) is 0 Å². The first-order valence-corrected chi connectivity index (χ1v) is 5.84. The molecule has 0 N–H and O–H groups in total. The summed E-state index contributed by atoms with van der Waals surface area (Å²) in [6.07, 6.45) is 6.80. The summed E-state index contributed by atoms with van der Waals surface area (Å²) in [5, 5.41) is 0.